The van der Waals surface area contributed by atoms with E-state index in [1.165, 1.54) is 64.2 Å². The molecule has 0 amide bonds. The molecule has 1 heteroatoms. The van der Waals surface area contributed by atoms with Gasteiger partial charge >= 0.3 is 0 Å². The fourth-order valence-electron chi connectivity index (χ4n) is 8.53. The molecule has 8 atom stereocenters. The Kier molecular flexibility index (Phi) is 2.81. The van der Waals surface area contributed by atoms with Crippen LogP contribution in [0.25, 0.3) is 0 Å². The molecule has 0 aromatic rings. The highest BCUT2D eigenvalue weighted by molar-refractivity contribution is 5.22. The first-order valence-corrected chi connectivity index (χ1v) is 10.2. The summed E-state index contributed by atoms with van der Waals surface area (Å²) in [6.07, 6.45) is 15.2. The van der Waals surface area contributed by atoms with Crippen molar-refractivity contribution in [2.75, 3.05) is 0 Å². The van der Waals surface area contributed by atoms with Crippen molar-refractivity contribution >= 4 is 0 Å². The van der Waals surface area contributed by atoms with Crippen LogP contribution in [0.4, 0.5) is 0 Å². The van der Waals surface area contributed by atoms with E-state index in [-0.39, 0.29) is 0 Å². The Balaban J connectivity index is 1.49. The van der Waals surface area contributed by atoms with Crippen molar-refractivity contribution < 1.29 is 4.74 Å². The van der Waals surface area contributed by atoms with Crippen molar-refractivity contribution in [3.63, 3.8) is 0 Å². The number of hydrogen-bond acceptors (Lipinski definition) is 1. The van der Waals surface area contributed by atoms with Crippen molar-refractivity contribution in [3.05, 3.63) is 0 Å². The second-order valence-corrected chi connectivity index (χ2v) is 9.95. The number of hydrogen-bond donors (Lipinski definition) is 0. The van der Waals surface area contributed by atoms with Crippen LogP contribution < -0.4 is 0 Å². The number of rotatable bonds is 1. The van der Waals surface area contributed by atoms with Crippen LogP contribution in [-0.2, 0) is 4.74 Å². The van der Waals surface area contributed by atoms with Gasteiger partial charge in [0.15, 0.2) is 0 Å². The summed E-state index contributed by atoms with van der Waals surface area (Å²) in [5.74, 6) is 4.04. The Morgan fingerprint density at radius 3 is 2.59 bits per heavy atom. The van der Waals surface area contributed by atoms with Gasteiger partial charge in [0.2, 0.25) is 0 Å². The average molecular weight is 303 g/mol. The second-order valence-electron chi connectivity index (χ2n) is 9.95. The molecule has 0 N–H and O–H groups in total. The smallest absolute Gasteiger partial charge is 0.100 e. The molecule has 5 rings (SSSR count). The van der Waals surface area contributed by atoms with Crippen LogP contribution in [0, 0.1) is 34.5 Å². The summed E-state index contributed by atoms with van der Waals surface area (Å²) < 4.78 is 6.40. The van der Waals surface area contributed by atoms with E-state index in [2.05, 4.69) is 20.8 Å². The molecular weight excluding hydrogens is 268 g/mol. The summed E-state index contributed by atoms with van der Waals surface area (Å²) in [5, 5.41) is 0. The van der Waals surface area contributed by atoms with E-state index in [0.29, 0.717) is 22.5 Å². The summed E-state index contributed by atoms with van der Waals surface area (Å²) in [4.78, 5) is 0. The molecule has 4 aliphatic carbocycles. The van der Waals surface area contributed by atoms with Crippen LogP contribution in [-0.4, -0.2) is 11.7 Å². The predicted molar refractivity (Wildman–Crippen MR) is 89.6 cm³/mol. The summed E-state index contributed by atoms with van der Waals surface area (Å²) in [5.41, 5.74) is 1.53. The normalized spacial score (nSPS) is 62.6. The molecular formula is C21H34O. The zero-order chi connectivity index (χ0) is 15.2. The fourth-order valence-corrected chi connectivity index (χ4v) is 8.53. The zero-order valence-electron chi connectivity index (χ0n) is 14.9. The van der Waals surface area contributed by atoms with Gasteiger partial charge in [-0.05, 0) is 80.5 Å². The lowest BCUT2D eigenvalue weighted by Gasteiger charge is -2.59. The maximum atomic E-state index is 6.40. The van der Waals surface area contributed by atoms with Gasteiger partial charge in [-0.2, -0.15) is 0 Å². The van der Waals surface area contributed by atoms with Crippen molar-refractivity contribution in [2.45, 2.75) is 96.7 Å². The minimum atomic E-state index is 0.336. The Morgan fingerprint density at radius 2 is 1.77 bits per heavy atom. The topological polar surface area (TPSA) is 12.5 Å². The molecule has 0 aromatic heterocycles. The molecule has 1 nitrogen and oxygen atoms in total. The molecule has 1 spiro atoms. The van der Waals surface area contributed by atoms with Gasteiger partial charge in [-0.1, -0.05) is 33.6 Å². The molecule has 0 aromatic carbocycles. The van der Waals surface area contributed by atoms with E-state index in [1.807, 2.05) is 0 Å². The maximum absolute atomic E-state index is 6.40. The predicted octanol–water partition coefficient (Wildman–Crippen LogP) is 5.58. The fraction of sp³-hybridized carbons (Fsp3) is 1.00. The van der Waals surface area contributed by atoms with Crippen molar-refractivity contribution in [3.8, 4) is 0 Å². The minimum absolute atomic E-state index is 0.336. The lowest BCUT2D eigenvalue weighted by atomic mass is 9.44. The van der Waals surface area contributed by atoms with E-state index in [0.717, 1.165) is 23.7 Å². The molecule has 22 heavy (non-hydrogen) atoms. The Morgan fingerprint density at radius 1 is 0.909 bits per heavy atom. The van der Waals surface area contributed by atoms with Gasteiger partial charge in [-0.3, -0.25) is 0 Å². The van der Waals surface area contributed by atoms with Crippen LogP contribution in [0.3, 0.4) is 0 Å². The molecule has 0 bridgehead atoms. The standard InChI is InChI=1S/C21H34O/c1-4-14-7-8-16-15-9-13-21-18(22-21)6-5-11-20(21,3)17(15)10-12-19(14,16)2/h14-18H,4-13H2,1-3H3/t14-,15-,16-,17-,18-,19+,20+,21?/m0/s1. The second kappa shape index (κ2) is 4.32. The molecule has 124 valence electrons. The monoisotopic (exact) mass is 302 g/mol. The van der Waals surface area contributed by atoms with Gasteiger partial charge in [-0.15, -0.1) is 0 Å². The third-order valence-electron chi connectivity index (χ3n) is 9.74. The molecule has 4 saturated carbocycles. The van der Waals surface area contributed by atoms with Gasteiger partial charge in [0.25, 0.3) is 0 Å². The van der Waals surface area contributed by atoms with Gasteiger partial charge in [0, 0.05) is 5.41 Å². The van der Waals surface area contributed by atoms with Crippen LogP contribution in [0.1, 0.15) is 85.0 Å². The van der Waals surface area contributed by atoms with Crippen molar-refractivity contribution in [1.82, 2.24) is 0 Å². The molecule has 5 fully saturated rings. The average Bonchev–Trinajstić information content (AvgIpc) is 3.13. The van der Waals surface area contributed by atoms with Crippen LogP contribution in [0.15, 0.2) is 0 Å². The molecule has 5 aliphatic rings. The molecule has 1 heterocycles. The SMILES string of the molecule is CC[C@H]1CC[C@H]2[C@@H]3CCC45O[C@H]4CCC[C@]5(C)[C@H]3CC[C@]12C. The number of ether oxygens (including phenoxy) is 1. The zero-order valence-corrected chi connectivity index (χ0v) is 14.9. The Hall–Kier alpha value is -0.0400. The van der Waals surface area contributed by atoms with Crippen molar-refractivity contribution in [1.29, 1.82) is 0 Å². The van der Waals surface area contributed by atoms with E-state index in [9.17, 15) is 0 Å². The van der Waals surface area contributed by atoms with Gasteiger partial charge in [0.05, 0.1) is 6.10 Å². The third-order valence-corrected chi connectivity index (χ3v) is 9.74. The number of epoxide rings is 1. The van der Waals surface area contributed by atoms with E-state index in [4.69, 9.17) is 4.74 Å². The highest BCUT2D eigenvalue weighted by Crippen LogP contribution is 2.73. The van der Waals surface area contributed by atoms with E-state index in [1.54, 1.807) is 0 Å². The van der Waals surface area contributed by atoms with Crippen molar-refractivity contribution in [2.24, 2.45) is 34.5 Å². The first-order valence-electron chi connectivity index (χ1n) is 10.2. The van der Waals surface area contributed by atoms with E-state index < -0.39 is 0 Å². The molecule has 1 unspecified atom stereocenters. The first kappa shape index (κ1) is 14.3. The minimum Gasteiger partial charge on any atom is -0.365 e. The summed E-state index contributed by atoms with van der Waals surface area (Å²) >= 11 is 0. The molecule has 1 saturated heterocycles. The highest BCUT2D eigenvalue weighted by atomic mass is 16.6. The van der Waals surface area contributed by atoms with Gasteiger partial charge in [0.1, 0.15) is 5.60 Å². The lowest BCUT2D eigenvalue weighted by Crippen LogP contribution is -2.57. The Labute approximate surface area is 136 Å². The van der Waals surface area contributed by atoms with Crippen LogP contribution in [0.2, 0.25) is 0 Å². The van der Waals surface area contributed by atoms with Gasteiger partial charge in [-0.25, -0.2) is 0 Å². The first-order chi connectivity index (χ1) is 10.6. The van der Waals surface area contributed by atoms with Crippen LogP contribution >= 0.6 is 0 Å². The summed E-state index contributed by atoms with van der Waals surface area (Å²) in [6, 6.07) is 0. The summed E-state index contributed by atoms with van der Waals surface area (Å²) in [6.45, 7) is 7.74. The quantitative estimate of drug-likeness (QED) is 0.576. The van der Waals surface area contributed by atoms with Gasteiger partial charge < -0.3 is 4.74 Å². The molecule has 0 radical (unpaired) electrons. The summed E-state index contributed by atoms with van der Waals surface area (Å²) in [7, 11) is 0. The Bertz CT molecular complexity index is 486. The van der Waals surface area contributed by atoms with E-state index >= 15 is 0 Å². The highest BCUT2D eigenvalue weighted by Gasteiger charge is 2.73. The maximum Gasteiger partial charge on any atom is 0.100 e. The third kappa shape index (κ3) is 1.47. The molecule has 1 aliphatic heterocycles. The number of fused-ring (bicyclic) bond motifs is 4. The van der Waals surface area contributed by atoms with Crippen LogP contribution in [0.5, 0.6) is 0 Å². The lowest BCUT2D eigenvalue weighted by molar-refractivity contribution is -0.112. The largest absolute Gasteiger partial charge is 0.365 e.